The van der Waals surface area contributed by atoms with Crippen molar-refractivity contribution in [3.05, 3.63) is 91.0 Å². The number of benzene rings is 6. The van der Waals surface area contributed by atoms with Gasteiger partial charge in [0.1, 0.15) is 39.4 Å². The first-order valence-corrected chi connectivity index (χ1v) is 18.9. The van der Waals surface area contributed by atoms with E-state index in [1.807, 2.05) is 0 Å². The second kappa shape index (κ2) is 17.3. The Labute approximate surface area is 332 Å². The molecule has 295 valence electrons. The van der Waals surface area contributed by atoms with Crippen LogP contribution in [0.1, 0.15) is 0 Å². The third kappa shape index (κ3) is 9.39. The number of azo groups is 3. The van der Waals surface area contributed by atoms with Crippen molar-refractivity contribution in [2.24, 2.45) is 30.7 Å². The van der Waals surface area contributed by atoms with Gasteiger partial charge in [0.25, 0.3) is 10.1 Å². The van der Waals surface area contributed by atoms with Crippen molar-refractivity contribution in [2.45, 2.75) is 14.7 Å². The standard InChI is InChI=1S/C33H27N7O12S3.Cu/c1-50-30-16-27(38-40-32-31(55(47,48)49)12-17-2-3-18(34)13-23(17)33(32)42)29(41)15-28(30)39-37-26-11-10-25(22-9-8-21(14-24(22)26)54(44,45)46)36-35-19-4-6-20(7-5-19)53-52-51-43;/h2-16,41-43,47-49H,34H2,1H3,(H,44,45,46);. The molecule has 0 saturated carbocycles. The maximum atomic E-state index is 12.0. The van der Waals surface area contributed by atoms with Crippen LogP contribution in [0.5, 0.6) is 17.2 Å². The number of nitrogen functional groups attached to an aromatic ring is 1. The minimum absolute atomic E-state index is 0. The number of fused-ring (bicyclic) bond motifs is 2. The van der Waals surface area contributed by atoms with E-state index in [1.54, 1.807) is 30.3 Å². The van der Waals surface area contributed by atoms with E-state index in [0.29, 0.717) is 27.0 Å². The molecular weight excluding hydrogens is 846 g/mol. The fraction of sp³-hybridized carbons (Fsp3) is 0.0303. The average molecular weight is 873 g/mol. The Morgan fingerprint density at radius 3 is 2.00 bits per heavy atom. The van der Waals surface area contributed by atoms with Crippen molar-refractivity contribution in [3.63, 3.8) is 0 Å². The molecule has 0 aliphatic rings. The number of hydrogen-bond donors (Lipinski definition) is 8. The van der Waals surface area contributed by atoms with E-state index in [2.05, 4.69) is 40.1 Å². The molecule has 56 heavy (non-hydrogen) atoms. The van der Waals surface area contributed by atoms with Gasteiger partial charge in [-0.25, -0.2) is 5.26 Å². The molecule has 19 nitrogen and oxygen atoms in total. The predicted molar refractivity (Wildman–Crippen MR) is 202 cm³/mol. The van der Waals surface area contributed by atoms with E-state index in [1.165, 1.54) is 61.7 Å². The topological polar surface area (TPSA) is 304 Å². The Hall–Kier alpha value is -5.27. The van der Waals surface area contributed by atoms with Gasteiger partial charge in [0.2, 0.25) is 0 Å². The molecule has 0 aliphatic carbocycles. The monoisotopic (exact) mass is 872 g/mol. The molecule has 0 fully saturated rings. The average Bonchev–Trinajstić information content (AvgIpc) is 3.15. The van der Waals surface area contributed by atoms with Crippen LogP contribution in [0.2, 0.25) is 0 Å². The third-order valence-electron chi connectivity index (χ3n) is 7.68. The second-order valence-corrected chi connectivity index (χ2v) is 14.9. The molecule has 6 rings (SSSR count). The maximum absolute atomic E-state index is 12.0. The van der Waals surface area contributed by atoms with Crippen molar-refractivity contribution >= 4 is 94.4 Å². The summed E-state index contributed by atoms with van der Waals surface area (Å²) < 4.78 is 73.8. The van der Waals surface area contributed by atoms with E-state index < -0.39 is 48.0 Å². The summed E-state index contributed by atoms with van der Waals surface area (Å²) in [6, 6.07) is 21.3. The van der Waals surface area contributed by atoms with Gasteiger partial charge in [0, 0.05) is 55.9 Å². The second-order valence-electron chi connectivity index (χ2n) is 11.2. The quantitative estimate of drug-likeness (QED) is 0.0108. The minimum Gasteiger partial charge on any atom is -0.506 e. The molecule has 0 amide bonds. The van der Waals surface area contributed by atoms with E-state index in [-0.39, 0.29) is 56.3 Å². The zero-order chi connectivity index (χ0) is 39.5. The first kappa shape index (κ1) is 41.9. The summed E-state index contributed by atoms with van der Waals surface area (Å²) in [5.41, 5.74) is 6.26. The molecule has 0 unspecified atom stereocenters. The van der Waals surface area contributed by atoms with Crippen molar-refractivity contribution < 1.29 is 73.3 Å². The first-order valence-electron chi connectivity index (χ1n) is 15.2. The molecule has 6 aromatic carbocycles. The fourth-order valence-corrected chi connectivity index (χ4v) is 6.65. The molecular formula is C33H27CuN7O12S3. The Morgan fingerprint density at radius 2 is 1.34 bits per heavy atom. The van der Waals surface area contributed by atoms with Crippen LogP contribution in [0.15, 0.2) is 136 Å². The van der Waals surface area contributed by atoms with Gasteiger partial charge in [-0.05, 0) is 72.1 Å². The van der Waals surface area contributed by atoms with E-state index in [0.717, 1.165) is 18.1 Å². The number of nitrogens with zero attached hydrogens (tertiary/aromatic N) is 6. The largest absolute Gasteiger partial charge is 0.506 e. The van der Waals surface area contributed by atoms with Crippen LogP contribution in [0.25, 0.3) is 21.5 Å². The molecule has 0 aromatic heterocycles. The van der Waals surface area contributed by atoms with E-state index in [9.17, 15) is 36.8 Å². The summed E-state index contributed by atoms with van der Waals surface area (Å²) in [7, 11) is -7.74. The molecule has 6 aromatic rings. The van der Waals surface area contributed by atoms with E-state index in [4.69, 9.17) is 15.7 Å². The molecule has 0 bridgehead atoms. The summed E-state index contributed by atoms with van der Waals surface area (Å²) in [6.07, 6.45) is 0. The zero-order valence-corrected chi connectivity index (χ0v) is 31.5. The van der Waals surface area contributed by atoms with Gasteiger partial charge in [-0.3, -0.25) is 4.55 Å². The minimum atomic E-state index is -4.63. The summed E-state index contributed by atoms with van der Waals surface area (Å²) in [5, 5.41) is 59.6. The smallest absolute Gasteiger partial charge is 0.294 e. The number of anilines is 1. The van der Waals surface area contributed by atoms with Gasteiger partial charge >= 0.3 is 0 Å². The SMILES string of the molecule is COc1cc(N=Nc2c(S(O)(O)O)cc3ccc(N)cc3c2O)c(O)cc1N=Nc1ccc(N=Nc2ccc(SOOO)cc2)c2ccc(S(=O)(=O)O)cc12.[Cu]. The van der Waals surface area contributed by atoms with E-state index >= 15 is 0 Å². The van der Waals surface area contributed by atoms with Crippen LogP contribution >= 0.6 is 22.9 Å². The number of phenolic OH excluding ortho intramolecular Hbond substituents is 2. The predicted octanol–water partition coefficient (Wildman–Crippen LogP) is 10.5. The van der Waals surface area contributed by atoms with Gasteiger partial charge < -0.3 is 34.3 Å². The molecule has 0 aliphatic heterocycles. The van der Waals surface area contributed by atoms with Crippen LogP contribution in [-0.4, -0.2) is 49.2 Å². The molecule has 9 N–H and O–H groups in total. The molecule has 0 saturated heterocycles. The Kier molecular flexibility index (Phi) is 12.9. The van der Waals surface area contributed by atoms with Gasteiger partial charge in [-0.15, -0.1) is 29.9 Å². The van der Waals surface area contributed by atoms with Gasteiger partial charge in [0.15, 0.2) is 5.75 Å². The van der Waals surface area contributed by atoms with Crippen molar-refractivity contribution in [1.82, 2.24) is 0 Å². The van der Waals surface area contributed by atoms with Crippen LogP contribution in [-0.2, 0) is 36.6 Å². The summed E-state index contributed by atoms with van der Waals surface area (Å²) >= 11 is 0.763. The number of methoxy groups -OCH3 is 1. The number of ether oxygens (including phenoxy) is 1. The Balaban J connectivity index is 0.00000600. The summed E-state index contributed by atoms with van der Waals surface area (Å²) in [6.45, 7) is 0. The normalized spacial score (nSPS) is 12.6. The van der Waals surface area contributed by atoms with Crippen LogP contribution < -0.4 is 10.5 Å². The third-order valence-corrected chi connectivity index (χ3v) is 10.0. The summed E-state index contributed by atoms with van der Waals surface area (Å²) in [4.78, 5) is -0.361. The number of phenols is 2. The Morgan fingerprint density at radius 1 is 0.679 bits per heavy atom. The first-order chi connectivity index (χ1) is 26.2. The van der Waals surface area contributed by atoms with Crippen LogP contribution in [0.4, 0.5) is 39.8 Å². The van der Waals surface area contributed by atoms with Gasteiger partial charge in [-0.1, -0.05) is 17.2 Å². The van der Waals surface area contributed by atoms with Crippen molar-refractivity contribution in [2.75, 3.05) is 12.8 Å². The number of rotatable bonds is 12. The van der Waals surface area contributed by atoms with Gasteiger partial charge in [-0.2, -0.15) is 13.5 Å². The molecule has 1 radical (unpaired) electrons. The number of nitrogens with two attached hydrogens (primary N) is 1. The summed E-state index contributed by atoms with van der Waals surface area (Å²) in [5.74, 6) is -1.05. The van der Waals surface area contributed by atoms with Crippen LogP contribution in [0.3, 0.4) is 0 Å². The van der Waals surface area contributed by atoms with Crippen molar-refractivity contribution in [3.8, 4) is 17.2 Å². The molecule has 0 spiro atoms. The number of hydrogen-bond acceptors (Lipinski definition) is 19. The Bertz CT molecular complexity index is 2640. The maximum Gasteiger partial charge on any atom is 0.294 e. The number of aromatic hydroxyl groups is 2. The van der Waals surface area contributed by atoms with Crippen LogP contribution in [0, 0.1) is 0 Å². The van der Waals surface area contributed by atoms with Crippen molar-refractivity contribution in [1.29, 1.82) is 0 Å². The molecule has 0 atom stereocenters. The van der Waals surface area contributed by atoms with Gasteiger partial charge in [0.05, 0.1) is 46.0 Å². The molecule has 23 heteroatoms. The fourth-order valence-electron chi connectivity index (χ4n) is 5.11. The molecule has 0 heterocycles. The zero-order valence-electron chi connectivity index (χ0n) is 28.1.